The van der Waals surface area contributed by atoms with Crippen LogP contribution >= 0.6 is 46.4 Å². The van der Waals surface area contributed by atoms with Crippen molar-refractivity contribution in [2.75, 3.05) is 0 Å². The zero-order valence-electron chi connectivity index (χ0n) is 8.09. The van der Waals surface area contributed by atoms with Crippen LogP contribution in [0.5, 0.6) is 0 Å². The fraction of sp³-hybridized carbons (Fsp3) is 0.333. The van der Waals surface area contributed by atoms with E-state index < -0.39 is 8.07 Å². The molecular weight excluding hydrogens is 278 g/mol. The summed E-state index contributed by atoms with van der Waals surface area (Å²) in [4.78, 5) is 0. The summed E-state index contributed by atoms with van der Waals surface area (Å²) in [6.07, 6.45) is 0. The molecule has 0 fully saturated rings. The Morgan fingerprint density at radius 3 is 1.79 bits per heavy atom. The minimum absolute atomic E-state index is 0.334. The number of rotatable bonds is 1. The first-order valence-electron chi connectivity index (χ1n) is 4.08. The van der Waals surface area contributed by atoms with E-state index in [4.69, 9.17) is 46.4 Å². The summed E-state index contributed by atoms with van der Waals surface area (Å²) in [5, 5.41) is 2.75. The quantitative estimate of drug-likeness (QED) is 0.394. The van der Waals surface area contributed by atoms with Crippen LogP contribution in [-0.2, 0) is 0 Å². The second-order valence-corrected chi connectivity index (χ2v) is 10.7. The van der Waals surface area contributed by atoms with Gasteiger partial charge in [0.05, 0.1) is 28.2 Å². The monoisotopic (exact) mass is 286 g/mol. The molecule has 0 saturated heterocycles. The van der Waals surface area contributed by atoms with E-state index in [2.05, 4.69) is 19.6 Å². The molecule has 0 aliphatic rings. The summed E-state index contributed by atoms with van der Waals surface area (Å²) in [5.74, 6) is 0. The van der Waals surface area contributed by atoms with Crippen LogP contribution in [0.4, 0.5) is 0 Å². The lowest BCUT2D eigenvalue weighted by Crippen LogP contribution is -2.38. The highest BCUT2D eigenvalue weighted by atomic mass is 35.5. The van der Waals surface area contributed by atoms with E-state index >= 15 is 0 Å². The van der Waals surface area contributed by atoms with Crippen molar-refractivity contribution in [2.45, 2.75) is 19.6 Å². The Bertz CT molecular complexity index is 368. The fourth-order valence-electron chi connectivity index (χ4n) is 1.12. The second kappa shape index (κ2) is 4.23. The molecule has 0 bridgehead atoms. The highest BCUT2D eigenvalue weighted by Crippen LogP contribution is 2.35. The van der Waals surface area contributed by atoms with E-state index in [0.717, 1.165) is 5.19 Å². The fourth-order valence-corrected chi connectivity index (χ4v) is 4.30. The van der Waals surface area contributed by atoms with Crippen LogP contribution < -0.4 is 5.19 Å². The van der Waals surface area contributed by atoms with E-state index in [1.807, 2.05) is 6.07 Å². The molecule has 0 aliphatic heterocycles. The Morgan fingerprint density at radius 2 is 1.36 bits per heavy atom. The van der Waals surface area contributed by atoms with Crippen molar-refractivity contribution in [1.82, 2.24) is 0 Å². The Labute approximate surface area is 105 Å². The van der Waals surface area contributed by atoms with Gasteiger partial charge in [0.15, 0.2) is 0 Å². The summed E-state index contributed by atoms with van der Waals surface area (Å²) >= 11 is 23.9. The Kier molecular flexibility index (Phi) is 3.82. The topological polar surface area (TPSA) is 0 Å². The second-order valence-electron chi connectivity index (χ2n) is 4.10. The van der Waals surface area contributed by atoms with Crippen LogP contribution in [-0.4, -0.2) is 8.07 Å². The molecule has 0 saturated carbocycles. The summed E-state index contributed by atoms with van der Waals surface area (Å²) in [6, 6.07) is 1.82. The Morgan fingerprint density at radius 1 is 0.857 bits per heavy atom. The first-order valence-corrected chi connectivity index (χ1v) is 9.10. The molecule has 0 heterocycles. The van der Waals surface area contributed by atoms with Gasteiger partial charge < -0.3 is 0 Å². The van der Waals surface area contributed by atoms with Crippen LogP contribution in [0.3, 0.4) is 0 Å². The Hall–Kier alpha value is 0.597. The normalized spacial score (nSPS) is 11.9. The molecule has 0 spiro atoms. The highest BCUT2D eigenvalue weighted by molar-refractivity contribution is 6.90. The molecule has 0 nitrogen and oxygen atoms in total. The predicted octanol–water partition coefficient (Wildman–Crippen LogP) is 4.85. The van der Waals surface area contributed by atoms with E-state index in [0.29, 0.717) is 20.1 Å². The van der Waals surface area contributed by atoms with Gasteiger partial charge in [0.1, 0.15) is 0 Å². The largest absolute Gasteiger partial charge is 0.0828 e. The summed E-state index contributed by atoms with van der Waals surface area (Å²) in [7, 11) is -1.52. The molecular formula is C9H10Cl4Si. The predicted molar refractivity (Wildman–Crippen MR) is 69.5 cm³/mol. The summed E-state index contributed by atoms with van der Waals surface area (Å²) < 4.78 is 0. The molecule has 0 aliphatic carbocycles. The maximum atomic E-state index is 6.11. The van der Waals surface area contributed by atoms with Crippen molar-refractivity contribution in [2.24, 2.45) is 0 Å². The minimum atomic E-state index is -1.52. The lowest BCUT2D eigenvalue weighted by Gasteiger charge is -2.20. The summed E-state index contributed by atoms with van der Waals surface area (Å²) in [5.41, 5.74) is 0. The maximum Gasteiger partial charge on any atom is 0.0796 e. The van der Waals surface area contributed by atoms with E-state index in [1.165, 1.54) is 0 Å². The first kappa shape index (κ1) is 12.7. The third-order valence-electron chi connectivity index (χ3n) is 1.91. The van der Waals surface area contributed by atoms with Crippen molar-refractivity contribution < 1.29 is 0 Å². The zero-order valence-corrected chi connectivity index (χ0v) is 12.1. The van der Waals surface area contributed by atoms with Gasteiger partial charge in [-0.25, -0.2) is 0 Å². The zero-order chi connectivity index (χ0) is 11.1. The van der Waals surface area contributed by atoms with Gasteiger partial charge in [0.25, 0.3) is 0 Å². The maximum absolute atomic E-state index is 6.11. The molecule has 0 aromatic heterocycles. The standard InChI is InChI=1S/C9H10Cl4Si/c1-14(2,3)6-4-5(10)7(11)9(13)8(6)12/h4H,1-3H3. The molecule has 0 N–H and O–H groups in total. The molecule has 1 aromatic carbocycles. The van der Waals surface area contributed by atoms with Gasteiger partial charge >= 0.3 is 0 Å². The van der Waals surface area contributed by atoms with Gasteiger partial charge in [-0.15, -0.1) is 0 Å². The van der Waals surface area contributed by atoms with Crippen molar-refractivity contribution in [1.29, 1.82) is 0 Å². The van der Waals surface area contributed by atoms with Crippen LogP contribution in [0.1, 0.15) is 0 Å². The number of hydrogen-bond donors (Lipinski definition) is 0. The van der Waals surface area contributed by atoms with Crippen molar-refractivity contribution >= 4 is 59.7 Å². The van der Waals surface area contributed by atoms with E-state index in [9.17, 15) is 0 Å². The van der Waals surface area contributed by atoms with Crippen molar-refractivity contribution in [3.05, 3.63) is 26.2 Å². The van der Waals surface area contributed by atoms with Crippen molar-refractivity contribution in [3.8, 4) is 0 Å². The third kappa shape index (κ3) is 2.39. The highest BCUT2D eigenvalue weighted by Gasteiger charge is 2.23. The van der Waals surface area contributed by atoms with Crippen LogP contribution in [0.15, 0.2) is 6.07 Å². The van der Waals surface area contributed by atoms with Gasteiger partial charge in [0, 0.05) is 0 Å². The smallest absolute Gasteiger partial charge is 0.0796 e. The van der Waals surface area contributed by atoms with Crippen molar-refractivity contribution in [3.63, 3.8) is 0 Å². The molecule has 78 valence electrons. The average Bonchev–Trinajstić information content (AvgIpc) is 2.06. The molecule has 1 aromatic rings. The molecule has 5 heteroatoms. The van der Waals surface area contributed by atoms with E-state index in [-0.39, 0.29) is 0 Å². The van der Waals surface area contributed by atoms with Gasteiger partial charge in [-0.2, -0.15) is 0 Å². The Balaban J connectivity index is 3.49. The van der Waals surface area contributed by atoms with Gasteiger partial charge in [0.2, 0.25) is 0 Å². The average molecular weight is 288 g/mol. The number of hydrogen-bond acceptors (Lipinski definition) is 0. The molecule has 1 rings (SSSR count). The summed E-state index contributed by atoms with van der Waals surface area (Å²) in [6.45, 7) is 6.53. The van der Waals surface area contributed by atoms with Gasteiger partial charge in [-0.05, 0) is 11.3 Å². The first-order chi connectivity index (χ1) is 6.25. The molecule has 0 radical (unpaired) electrons. The number of halogens is 4. The van der Waals surface area contributed by atoms with Crippen LogP contribution in [0.25, 0.3) is 0 Å². The SMILES string of the molecule is C[Si](C)(C)c1cc(Cl)c(Cl)c(Cl)c1Cl. The van der Waals surface area contributed by atoms with Crippen LogP contribution in [0, 0.1) is 0 Å². The molecule has 0 atom stereocenters. The molecule has 0 amide bonds. The van der Waals surface area contributed by atoms with Gasteiger partial charge in [-0.3, -0.25) is 0 Å². The lowest BCUT2D eigenvalue weighted by atomic mass is 10.3. The van der Waals surface area contributed by atoms with E-state index in [1.54, 1.807) is 0 Å². The van der Waals surface area contributed by atoms with Gasteiger partial charge in [-0.1, -0.05) is 66.0 Å². The minimum Gasteiger partial charge on any atom is -0.0828 e. The van der Waals surface area contributed by atoms with Crippen LogP contribution in [0.2, 0.25) is 39.7 Å². The molecule has 0 unspecified atom stereocenters. The lowest BCUT2D eigenvalue weighted by molar-refractivity contribution is 1.67. The molecule has 14 heavy (non-hydrogen) atoms. The third-order valence-corrected chi connectivity index (χ3v) is 5.83. The number of benzene rings is 1.